The molecule has 5 heteroatoms. The van der Waals surface area contributed by atoms with Crippen LogP contribution in [0.4, 0.5) is 3.89 Å². The lowest BCUT2D eigenvalue weighted by Crippen LogP contribution is -1.97. The van der Waals surface area contributed by atoms with Crippen LogP contribution in [0, 0.1) is 0 Å². The Labute approximate surface area is 165 Å². The number of hydrogen-bond acceptors (Lipinski definition) is 3. The van der Waals surface area contributed by atoms with Gasteiger partial charge >= 0.3 is 10.2 Å². The first-order valence-electron chi connectivity index (χ1n) is 9.52. The van der Waals surface area contributed by atoms with Crippen molar-refractivity contribution in [1.29, 1.82) is 0 Å². The minimum Gasteiger partial charge on any atom is -0.495 e. The highest BCUT2D eigenvalue weighted by atomic mass is 32.3. The maximum atomic E-state index is 13.4. The van der Waals surface area contributed by atoms with Crippen molar-refractivity contribution >= 4 is 21.9 Å². The first kappa shape index (κ1) is 18.9. The third-order valence-electron chi connectivity index (χ3n) is 5.85. The van der Waals surface area contributed by atoms with Crippen LogP contribution in [-0.4, -0.2) is 15.5 Å². The van der Waals surface area contributed by atoms with Gasteiger partial charge in [-0.15, -0.1) is 3.89 Å². The van der Waals surface area contributed by atoms with E-state index in [0.717, 1.165) is 23.1 Å². The lowest BCUT2D eigenvalue weighted by atomic mass is 9.94. The Morgan fingerprint density at radius 3 is 2.57 bits per heavy atom. The second-order valence-corrected chi connectivity index (χ2v) is 8.89. The molecule has 2 aromatic rings. The van der Waals surface area contributed by atoms with Gasteiger partial charge in [0.25, 0.3) is 0 Å². The molecule has 0 heterocycles. The van der Waals surface area contributed by atoms with Crippen molar-refractivity contribution in [1.82, 2.24) is 0 Å². The summed E-state index contributed by atoms with van der Waals surface area (Å²) in [5, 5.41) is 0. The van der Waals surface area contributed by atoms with E-state index >= 15 is 0 Å². The number of halogens is 1. The molecule has 0 amide bonds. The number of ether oxygens (including phenoxy) is 1. The van der Waals surface area contributed by atoms with E-state index < -0.39 is 15.1 Å². The Bertz CT molecular complexity index is 1080. The van der Waals surface area contributed by atoms with Crippen LogP contribution in [0.3, 0.4) is 0 Å². The van der Waals surface area contributed by atoms with Gasteiger partial charge in [-0.1, -0.05) is 49.8 Å². The fraction of sp³-hybridized carbons (Fsp3) is 0.304. The molecule has 0 unspecified atom stereocenters. The fourth-order valence-corrected chi connectivity index (χ4v) is 4.95. The highest BCUT2D eigenvalue weighted by Gasteiger charge is 2.24. The smallest absolute Gasteiger partial charge is 0.335 e. The molecule has 146 valence electrons. The van der Waals surface area contributed by atoms with Crippen LogP contribution in [0.1, 0.15) is 53.9 Å². The molecule has 0 N–H and O–H groups in total. The van der Waals surface area contributed by atoms with Gasteiger partial charge in [0.2, 0.25) is 0 Å². The van der Waals surface area contributed by atoms with Gasteiger partial charge in [0.1, 0.15) is 10.6 Å². The minimum atomic E-state index is -4.82. The van der Waals surface area contributed by atoms with Crippen molar-refractivity contribution in [3.05, 3.63) is 70.8 Å². The zero-order chi connectivity index (χ0) is 19.9. The quantitative estimate of drug-likeness (QED) is 0.624. The summed E-state index contributed by atoms with van der Waals surface area (Å²) in [6, 6.07) is 11.1. The van der Waals surface area contributed by atoms with Gasteiger partial charge in [0.15, 0.2) is 0 Å². The molecule has 4 rings (SSSR count). The molecule has 0 bridgehead atoms. The topological polar surface area (TPSA) is 43.4 Å². The van der Waals surface area contributed by atoms with Crippen molar-refractivity contribution < 1.29 is 17.0 Å². The number of fused-ring (bicyclic) bond motifs is 1. The molecular weight excluding hydrogens is 375 g/mol. The van der Waals surface area contributed by atoms with Crippen molar-refractivity contribution in [2.45, 2.75) is 42.9 Å². The maximum absolute atomic E-state index is 13.4. The number of methoxy groups -OCH3 is 1. The molecule has 28 heavy (non-hydrogen) atoms. The van der Waals surface area contributed by atoms with Crippen molar-refractivity contribution in [2.75, 3.05) is 7.11 Å². The van der Waals surface area contributed by atoms with E-state index in [-0.39, 0.29) is 5.75 Å². The van der Waals surface area contributed by atoms with Crippen molar-refractivity contribution in [2.24, 2.45) is 0 Å². The summed E-state index contributed by atoms with van der Waals surface area (Å²) < 4.78 is 40.9. The molecule has 0 aromatic heterocycles. The third-order valence-corrected chi connectivity index (χ3v) is 6.71. The van der Waals surface area contributed by atoms with E-state index in [9.17, 15) is 12.3 Å². The lowest BCUT2D eigenvalue weighted by Gasteiger charge is -2.11. The summed E-state index contributed by atoms with van der Waals surface area (Å²) in [5.41, 5.74) is 6.69. The van der Waals surface area contributed by atoms with Crippen LogP contribution in [0.15, 0.2) is 53.4 Å². The minimum absolute atomic E-state index is 0.00138. The first-order valence-corrected chi connectivity index (χ1v) is 10.9. The second-order valence-electron chi connectivity index (χ2n) is 7.57. The van der Waals surface area contributed by atoms with E-state index in [4.69, 9.17) is 4.74 Å². The van der Waals surface area contributed by atoms with Gasteiger partial charge in [0, 0.05) is 0 Å². The van der Waals surface area contributed by atoms with Crippen molar-refractivity contribution in [3.8, 4) is 5.75 Å². The highest BCUT2D eigenvalue weighted by Crippen LogP contribution is 2.41. The standard InChI is InChI=1S/C23H23FO3S/c1-15-20(11-16-7-10-23(28(24,25)26)22(12-16)27-2)13-19-9-8-18(14-21(15)19)17-5-3-4-6-17/h7-12,14,17H,1,3-6,13H2,2H3/b20-11+. The molecule has 0 saturated heterocycles. The molecule has 0 aliphatic heterocycles. The van der Waals surface area contributed by atoms with Crippen LogP contribution in [0.25, 0.3) is 11.6 Å². The molecule has 1 saturated carbocycles. The van der Waals surface area contributed by atoms with Crippen molar-refractivity contribution in [3.63, 3.8) is 0 Å². The predicted molar refractivity (Wildman–Crippen MR) is 110 cm³/mol. The van der Waals surface area contributed by atoms with Crippen LogP contribution in [0.5, 0.6) is 5.75 Å². The van der Waals surface area contributed by atoms with Crippen LogP contribution in [-0.2, 0) is 16.6 Å². The Kier molecular flexibility index (Phi) is 4.88. The average Bonchev–Trinajstić information content (AvgIpc) is 3.30. The summed E-state index contributed by atoms with van der Waals surface area (Å²) in [4.78, 5) is -0.452. The van der Waals surface area contributed by atoms with Gasteiger partial charge in [0.05, 0.1) is 7.11 Å². The van der Waals surface area contributed by atoms with E-state index in [2.05, 4.69) is 24.8 Å². The number of allylic oxidation sites excluding steroid dienone is 2. The average molecular weight is 398 g/mol. The Balaban J connectivity index is 1.65. The molecule has 1 fully saturated rings. The normalized spacial score (nSPS) is 18.6. The zero-order valence-corrected chi connectivity index (χ0v) is 16.7. The molecule has 0 spiro atoms. The molecule has 2 aliphatic carbocycles. The molecule has 0 radical (unpaired) electrons. The van der Waals surface area contributed by atoms with E-state index in [0.29, 0.717) is 5.92 Å². The summed E-state index contributed by atoms with van der Waals surface area (Å²) in [6.45, 7) is 4.28. The van der Waals surface area contributed by atoms with E-state index in [1.165, 1.54) is 55.5 Å². The van der Waals surface area contributed by atoms with Gasteiger partial charge < -0.3 is 4.74 Å². The molecule has 3 nitrogen and oxygen atoms in total. The third kappa shape index (κ3) is 3.51. The van der Waals surface area contributed by atoms with Crippen LogP contribution in [0.2, 0.25) is 0 Å². The molecular formula is C23H23FO3S. The maximum Gasteiger partial charge on any atom is 0.335 e. The predicted octanol–water partition coefficient (Wildman–Crippen LogP) is 5.66. The Morgan fingerprint density at radius 2 is 1.89 bits per heavy atom. The first-order chi connectivity index (χ1) is 13.4. The van der Waals surface area contributed by atoms with Gasteiger partial charge in [-0.3, -0.25) is 0 Å². The molecule has 0 atom stereocenters. The summed E-state index contributed by atoms with van der Waals surface area (Å²) in [5.74, 6) is 0.659. The number of benzene rings is 2. The van der Waals surface area contributed by atoms with Gasteiger partial charge in [-0.05, 0) is 70.7 Å². The second kappa shape index (κ2) is 7.21. The largest absolute Gasteiger partial charge is 0.495 e. The monoisotopic (exact) mass is 398 g/mol. The lowest BCUT2D eigenvalue weighted by molar-refractivity contribution is 0.401. The molecule has 2 aromatic carbocycles. The fourth-order valence-electron chi connectivity index (χ4n) is 4.34. The van der Waals surface area contributed by atoms with E-state index in [1.54, 1.807) is 12.1 Å². The van der Waals surface area contributed by atoms with E-state index in [1.807, 2.05) is 6.08 Å². The summed E-state index contributed by atoms with van der Waals surface area (Å²) in [6.07, 6.45) is 7.88. The highest BCUT2D eigenvalue weighted by molar-refractivity contribution is 7.86. The summed E-state index contributed by atoms with van der Waals surface area (Å²) >= 11 is 0. The number of hydrogen-bond donors (Lipinski definition) is 0. The Hall–Kier alpha value is -2.40. The van der Waals surface area contributed by atoms with Crippen LogP contribution < -0.4 is 4.74 Å². The number of rotatable bonds is 4. The summed E-state index contributed by atoms with van der Waals surface area (Å²) in [7, 11) is -3.49. The van der Waals surface area contributed by atoms with Gasteiger partial charge in [-0.25, -0.2) is 0 Å². The van der Waals surface area contributed by atoms with Crippen LogP contribution >= 0.6 is 0 Å². The SMILES string of the molecule is C=C1/C(=C/c2ccc(S(=O)(=O)F)c(OC)c2)Cc2ccc(C3CCCC3)cc21. The Morgan fingerprint density at radius 1 is 1.14 bits per heavy atom. The molecule has 2 aliphatic rings. The van der Waals surface area contributed by atoms with Gasteiger partial charge in [-0.2, -0.15) is 8.42 Å². The zero-order valence-electron chi connectivity index (χ0n) is 15.9.